The number of alkyl halides is 3. The molecule has 0 radical (unpaired) electrons. The van der Waals surface area contributed by atoms with Crippen LogP contribution in [0.15, 0.2) is 48.9 Å². The smallest absolute Gasteiger partial charge is 0.345 e. The van der Waals surface area contributed by atoms with E-state index in [9.17, 15) is 18.0 Å². The fourth-order valence-corrected chi connectivity index (χ4v) is 2.22. The second kappa shape index (κ2) is 6.39. The molecule has 25 heavy (non-hydrogen) atoms. The number of amides is 1. The van der Waals surface area contributed by atoms with E-state index in [1.807, 2.05) is 19.1 Å². The van der Waals surface area contributed by atoms with E-state index in [0.29, 0.717) is 11.5 Å². The van der Waals surface area contributed by atoms with Gasteiger partial charge in [-0.2, -0.15) is 13.2 Å². The zero-order valence-corrected chi connectivity index (χ0v) is 13.1. The highest BCUT2D eigenvalue weighted by atomic mass is 19.4. The van der Waals surface area contributed by atoms with Crippen molar-refractivity contribution in [1.29, 1.82) is 0 Å². The van der Waals surface area contributed by atoms with Gasteiger partial charge in [-0.3, -0.25) is 9.78 Å². The molecule has 0 atom stereocenters. The molecule has 1 amide bonds. The Kier molecular flexibility index (Phi) is 4.26. The number of aromatic amines is 1. The number of hydrogen-bond acceptors (Lipinski definition) is 3. The molecule has 2 heterocycles. The van der Waals surface area contributed by atoms with E-state index in [0.717, 1.165) is 29.5 Å². The predicted molar refractivity (Wildman–Crippen MR) is 86.0 cm³/mol. The summed E-state index contributed by atoms with van der Waals surface area (Å²) in [6.07, 6.45) is -0.338. The monoisotopic (exact) mass is 346 g/mol. The Morgan fingerprint density at radius 1 is 1.16 bits per heavy atom. The first kappa shape index (κ1) is 16.7. The van der Waals surface area contributed by atoms with Crippen molar-refractivity contribution < 1.29 is 18.0 Å². The first-order valence-corrected chi connectivity index (χ1v) is 7.29. The van der Waals surface area contributed by atoms with Gasteiger partial charge in [0.15, 0.2) is 0 Å². The summed E-state index contributed by atoms with van der Waals surface area (Å²) in [6, 6.07) is 7.28. The van der Waals surface area contributed by atoms with Gasteiger partial charge in [0.25, 0.3) is 5.91 Å². The second-order valence-electron chi connectivity index (χ2n) is 5.35. The number of nitrogens with one attached hydrogen (secondary N) is 2. The molecule has 0 spiro atoms. The van der Waals surface area contributed by atoms with Crippen molar-refractivity contribution in [3.05, 3.63) is 65.7 Å². The lowest BCUT2D eigenvalue weighted by atomic mass is 10.1. The molecule has 0 unspecified atom stereocenters. The Labute approximate surface area is 140 Å². The summed E-state index contributed by atoms with van der Waals surface area (Å²) in [7, 11) is 0. The molecule has 3 rings (SSSR count). The summed E-state index contributed by atoms with van der Waals surface area (Å²) in [5, 5.41) is 2.69. The van der Waals surface area contributed by atoms with Crippen LogP contribution in [-0.4, -0.2) is 20.9 Å². The number of rotatable bonds is 3. The lowest BCUT2D eigenvalue weighted by Gasteiger charge is -2.11. The van der Waals surface area contributed by atoms with Gasteiger partial charge in [-0.25, -0.2) is 4.98 Å². The molecule has 2 aromatic heterocycles. The Hall–Kier alpha value is -3.16. The summed E-state index contributed by atoms with van der Waals surface area (Å²) in [5.74, 6) is 0.104. The Balaban J connectivity index is 1.82. The molecular weight excluding hydrogens is 333 g/mol. The average molecular weight is 346 g/mol. The predicted octanol–water partition coefficient (Wildman–Crippen LogP) is 4.05. The molecule has 5 nitrogen and oxygen atoms in total. The van der Waals surface area contributed by atoms with Crippen LogP contribution in [0.4, 0.5) is 18.9 Å². The zero-order chi connectivity index (χ0) is 18.0. The third-order valence-corrected chi connectivity index (χ3v) is 3.57. The molecule has 0 saturated heterocycles. The first-order chi connectivity index (χ1) is 11.8. The minimum Gasteiger partial charge on any atom is -0.345 e. The van der Waals surface area contributed by atoms with Crippen LogP contribution >= 0.6 is 0 Å². The highest BCUT2D eigenvalue weighted by Gasteiger charge is 2.32. The zero-order valence-electron chi connectivity index (χ0n) is 13.1. The van der Waals surface area contributed by atoms with Crippen LogP contribution in [0.3, 0.4) is 0 Å². The largest absolute Gasteiger partial charge is 0.433 e. The van der Waals surface area contributed by atoms with Crippen molar-refractivity contribution >= 4 is 11.6 Å². The minimum atomic E-state index is -4.54. The van der Waals surface area contributed by atoms with E-state index in [1.54, 1.807) is 18.5 Å². The van der Waals surface area contributed by atoms with Crippen LogP contribution in [0.1, 0.15) is 21.6 Å². The molecule has 3 aromatic rings. The minimum absolute atomic E-state index is 0.0378. The average Bonchev–Trinajstić information content (AvgIpc) is 3.10. The molecule has 0 aliphatic rings. The van der Waals surface area contributed by atoms with Gasteiger partial charge in [0.05, 0.1) is 5.56 Å². The number of pyridine rings is 1. The molecule has 0 aliphatic heterocycles. The Morgan fingerprint density at radius 3 is 2.56 bits per heavy atom. The summed E-state index contributed by atoms with van der Waals surface area (Å²) in [5.41, 5.74) is 1.12. The first-order valence-electron chi connectivity index (χ1n) is 7.29. The Morgan fingerprint density at radius 2 is 1.96 bits per heavy atom. The number of aromatic nitrogens is 3. The van der Waals surface area contributed by atoms with E-state index in [1.165, 1.54) is 0 Å². The van der Waals surface area contributed by atoms with E-state index in [4.69, 9.17) is 0 Å². The molecule has 1 aromatic carbocycles. The van der Waals surface area contributed by atoms with Crippen LogP contribution in [-0.2, 0) is 6.18 Å². The number of aryl methyl sites for hydroxylation is 1. The van der Waals surface area contributed by atoms with Crippen molar-refractivity contribution in [3.8, 4) is 11.4 Å². The lowest BCUT2D eigenvalue weighted by Crippen LogP contribution is -2.15. The van der Waals surface area contributed by atoms with Crippen LogP contribution in [0, 0.1) is 6.92 Å². The number of anilines is 1. The summed E-state index contributed by atoms with van der Waals surface area (Å²) >= 11 is 0. The van der Waals surface area contributed by atoms with Gasteiger partial charge in [-0.1, -0.05) is 12.1 Å². The van der Waals surface area contributed by atoms with Crippen molar-refractivity contribution in [3.63, 3.8) is 0 Å². The van der Waals surface area contributed by atoms with Crippen molar-refractivity contribution in [2.75, 3.05) is 5.32 Å². The maximum absolute atomic E-state index is 12.5. The van der Waals surface area contributed by atoms with Gasteiger partial charge >= 0.3 is 6.18 Å². The van der Waals surface area contributed by atoms with Gasteiger partial charge in [0, 0.05) is 29.8 Å². The molecule has 128 valence electrons. The van der Waals surface area contributed by atoms with Gasteiger partial charge in [0.1, 0.15) is 11.5 Å². The lowest BCUT2D eigenvalue weighted by molar-refractivity contribution is -0.141. The van der Waals surface area contributed by atoms with Crippen molar-refractivity contribution in [1.82, 2.24) is 15.0 Å². The number of carbonyl (C=O) groups is 1. The van der Waals surface area contributed by atoms with E-state index in [2.05, 4.69) is 20.3 Å². The number of imidazole rings is 1. The van der Waals surface area contributed by atoms with Gasteiger partial charge in [0.2, 0.25) is 0 Å². The molecular formula is C17H13F3N4O. The van der Waals surface area contributed by atoms with Gasteiger partial charge in [-0.15, -0.1) is 0 Å². The van der Waals surface area contributed by atoms with Crippen molar-refractivity contribution in [2.45, 2.75) is 13.1 Å². The van der Waals surface area contributed by atoms with Crippen LogP contribution < -0.4 is 5.32 Å². The van der Waals surface area contributed by atoms with Crippen LogP contribution in [0.5, 0.6) is 0 Å². The fourth-order valence-electron chi connectivity index (χ4n) is 2.22. The van der Waals surface area contributed by atoms with Crippen molar-refractivity contribution in [2.24, 2.45) is 0 Å². The number of H-pyrrole nitrogens is 1. The van der Waals surface area contributed by atoms with Gasteiger partial charge in [-0.05, 0) is 30.7 Å². The highest BCUT2D eigenvalue weighted by Crippen LogP contribution is 2.27. The maximum atomic E-state index is 12.5. The third-order valence-electron chi connectivity index (χ3n) is 3.57. The third kappa shape index (κ3) is 3.68. The summed E-state index contributed by atoms with van der Waals surface area (Å²) in [6.45, 7) is 1.81. The molecule has 0 bridgehead atoms. The molecule has 0 aliphatic carbocycles. The molecule has 0 fully saturated rings. The van der Waals surface area contributed by atoms with Crippen LogP contribution in [0.25, 0.3) is 11.4 Å². The topological polar surface area (TPSA) is 70.7 Å². The number of hydrogen-bond donors (Lipinski definition) is 2. The SMILES string of the molecule is Cc1ccc(-c2ncc[nH]2)cc1NC(=O)c1ccc(C(F)(F)F)nc1. The number of benzene rings is 1. The number of nitrogens with zero attached hydrogens (tertiary/aromatic N) is 2. The number of halogens is 3. The molecule has 8 heteroatoms. The molecule has 0 saturated carbocycles. The second-order valence-corrected chi connectivity index (χ2v) is 5.35. The van der Waals surface area contributed by atoms with Crippen LogP contribution in [0.2, 0.25) is 0 Å². The quantitative estimate of drug-likeness (QED) is 0.751. The highest BCUT2D eigenvalue weighted by molar-refractivity contribution is 6.04. The normalized spacial score (nSPS) is 11.4. The van der Waals surface area contributed by atoms with E-state index < -0.39 is 17.8 Å². The van der Waals surface area contributed by atoms with Gasteiger partial charge < -0.3 is 10.3 Å². The van der Waals surface area contributed by atoms with E-state index in [-0.39, 0.29) is 5.56 Å². The van der Waals surface area contributed by atoms with E-state index >= 15 is 0 Å². The Bertz CT molecular complexity index is 887. The summed E-state index contributed by atoms with van der Waals surface area (Å²) in [4.78, 5) is 22.7. The summed E-state index contributed by atoms with van der Waals surface area (Å²) < 4.78 is 37.6. The fraction of sp³-hybridized carbons (Fsp3) is 0.118. The molecule has 2 N–H and O–H groups in total. The number of carbonyl (C=O) groups excluding carboxylic acids is 1. The maximum Gasteiger partial charge on any atom is 0.433 e. The standard InChI is InChI=1S/C17H13F3N4O/c1-10-2-3-11(15-21-6-7-22-15)8-13(10)24-16(25)12-4-5-14(23-9-12)17(18,19)20/h2-9H,1H3,(H,21,22)(H,24,25).